The van der Waals surface area contributed by atoms with Crippen molar-refractivity contribution in [3.8, 4) is 0 Å². The highest BCUT2D eigenvalue weighted by Crippen LogP contribution is 2.23. The Hall–Kier alpha value is -0.890. The summed E-state index contributed by atoms with van der Waals surface area (Å²) in [6, 6.07) is -1.16. The molecule has 8 N–H and O–H groups in total. The molecule has 0 aliphatic carbocycles. The third-order valence-electron chi connectivity index (χ3n) is 12.0. The zero-order valence-electron chi connectivity index (χ0n) is 36.0. The third kappa shape index (κ3) is 24.9. The zero-order chi connectivity index (χ0) is 41.4. The van der Waals surface area contributed by atoms with E-state index in [1.54, 1.807) is 0 Å². The molecular weight excluding hydrogens is 714 g/mol. The Labute approximate surface area is 341 Å². The van der Waals surface area contributed by atoms with Gasteiger partial charge in [0.25, 0.3) is 0 Å². The van der Waals surface area contributed by atoms with Crippen molar-refractivity contribution in [1.82, 2.24) is 5.32 Å². The molecule has 0 aromatic heterocycles. The van der Waals surface area contributed by atoms with Crippen LogP contribution in [-0.4, -0.2) is 110 Å². The molecule has 1 fully saturated rings. The van der Waals surface area contributed by atoms with Crippen molar-refractivity contribution in [2.45, 2.75) is 262 Å². The molecular formula is C45H89NO10. The van der Waals surface area contributed by atoms with E-state index in [9.17, 15) is 40.5 Å². The predicted octanol–water partition coefficient (Wildman–Crippen LogP) is 7.36. The number of rotatable bonds is 38. The van der Waals surface area contributed by atoms with Crippen LogP contribution in [0.4, 0.5) is 0 Å². The highest BCUT2D eigenvalue weighted by molar-refractivity contribution is 5.80. The van der Waals surface area contributed by atoms with Crippen LogP contribution in [0.3, 0.4) is 0 Å². The van der Waals surface area contributed by atoms with Crippen LogP contribution in [0, 0.1) is 5.92 Å². The maximum Gasteiger partial charge on any atom is 0.249 e. The molecule has 1 aliphatic rings. The molecule has 0 saturated carbocycles. The largest absolute Gasteiger partial charge is 0.394 e. The number of carbonyl (C=O) groups is 1. The van der Waals surface area contributed by atoms with E-state index in [1.807, 2.05) is 0 Å². The fourth-order valence-electron chi connectivity index (χ4n) is 7.65. The van der Waals surface area contributed by atoms with Gasteiger partial charge in [0.2, 0.25) is 5.91 Å². The average Bonchev–Trinajstić information content (AvgIpc) is 3.20. The topological polar surface area (TPSA) is 189 Å². The number of hydrogen-bond acceptors (Lipinski definition) is 10. The van der Waals surface area contributed by atoms with Gasteiger partial charge in [-0.2, -0.15) is 0 Å². The van der Waals surface area contributed by atoms with Gasteiger partial charge in [0.15, 0.2) is 6.29 Å². The van der Waals surface area contributed by atoms with Crippen LogP contribution in [0.25, 0.3) is 0 Å². The molecule has 1 aliphatic heterocycles. The second kappa shape index (κ2) is 34.9. The molecule has 0 spiro atoms. The molecule has 1 unspecified atom stereocenters. The van der Waals surface area contributed by atoms with Gasteiger partial charge in [0.05, 0.1) is 25.4 Å². The number of hydrogen-bond donors (Lipinski definition) is 8. The van der Waals surface area contributed by atoms with E-state index in [0.717, 1.165) is 44.4 Å². The molecule has 334 valence electrons. The van der Waals surface area contributed by atoms with Gasteiger partial charge < -0.3 is 50.5 Å². The molecule has 10 atom stereocenters. The Kier molecular flexibility index (Phi) is 33.1. The third-order valence-corrected chi connectivity index (χ3v) is 12.0. The van der Waals surface area contributed by atoms with Gasteiger partial charge in [-0.05, 0) is 18.8 Å². The average molecular weight is 804 g/mol. The first kappa shape index (κ1) is 53.1. The van der Waals surface area contributed by atoms with Crippen molar-refractivity contribution < 1.29 is 50.0 Å². The van der Waals surface area contributed by atoms with Crippen LogP contribution in [0.5, 0.6) is 0 Å². The van der Waals surface area contributed by atoms with Crippen LogP contribution in [-0.2, 0) is 14.3 Å². The Morgan fingerprint density at radius 1 is 0.607 bits per heavy atom. The molecule has 1 saturated heterocycles. The molecule has 1 amide bonds. The summed E-state index contributed by atoms with van der Waals surface area (Å²) in [6.07, 6.45) is 21.7. The summed E-state index contributed by atoms with van der Waals surface area (Å²) in [4.78, 5) is 13.1. The van der Waals surface area contributed by atoms with Gasteiger partial charge in [-0.1, -0.05) is 194 Å². The maximum atomic E-state index is 13.1. The van der Waals surface area contributed by atoms with E-state index in [0.29, 0.717) is 19.3 Å². The number of unbranched alkanes of at least 4 members (excludes halogenated alkanes) is 23. The van der Waals surface area contributed by atoms with Crippen LogP contribution >= 0.6 is 0 Å². The summed E-state index contributed by atoms with van der Waals surface area (Å²) in [5.41, 5.74) is 0. The molecule has 11 heteroatoms. The van der Waals surface area contributed by atoms with Crippen molar-refractivity contribution in [2.75, 3.05) is 13.2 Å². The predicted molar refractivity (Wildman–Crippen MR) is 224 cm³/mol. The van der Waals surface area contributed by atoms with E-state index < -0.39 is 74.2 Å². The van der Waals surface area contributed by atoms with Gasteiger partial charge in [-0.15, -0.1) is 0 Å². The molecule has 1 heterocycles. The lowest BCUT2D eigenvalue weighted by Gasteiger charge is -2.40. The summed E-state index contributed by atoms with van der Waals surface area (Å²) in [7, 11) is 0. The number of amides is 1. The Morgan fingerprint density at radius 2 is 1.04 bits per heavy atom. The van der Waals surface area contributed by atoms with Crippen LogP contribution in [0.1, 0.15) is 207 Å². The van der Waals surface area contributed by atoms with E-state index >= 15 is 0 Å². The van der Waals surface area contributed by atoms with E-state index in [-0.39, 0.29) is 6.42 Å². The lowest BCUT2D eigenvalue weighted by molar-refractivity contribution is -0.303. The minimum Gasteiger partial charge on any atom is -0.394 e. The Bertz CT molecular complexity index is 897. The SMILES string of the molecule is CCCCCCCCCCCCCCCCCCCCC[C@@H](O)C(=O)N[C@@H](CO[C@@H]1O[C@H](CO)[C@H](O)[C@H](O)[C@H]1O)[C@H](O)[C@H](O)CCCCCCCCC(C)CC. The number of ether oxygens (including phenoxy) is 2. The molecule has 1 rings (SSSR count). The molecule has 0 aromatic rings. The molecule has 0 radical (unpaired) electrons. The van der Waals surface area contributed by atoms with Crippen molar-refractivity contribution in [2.24, 2.45) is 5.92 Å². The van der Waals surface area contributed by atoms with Gasteiger partial charge >= 0.3 is 0 Å². The normalized spacial score (nSPS) is 22.8. The molecule has 0 bridgehead atoms. The molecule has 11 nitrogen and oxygen atoms in total. The smallest absolute Gasteiger partial charge is 0.249 e. The lowest BCUT2D eigenvalue weighted by Crippen LogP contribution is -2.60. The van der Waals surface area contributed by atoms with E-state index in [2.05, 4.69) is 26.1 Å². The maximum absolute atomic E-state index is 13.1. The fourth-order valence-corrected chi connectivity index (χ4v) is 7.65. The summed E-state index contributed by atoms with van der Waals surface area (Å²) in [6.45, 7) is 5.71. The van der Waals surface area contributed by atoms with Crippen molar-refractivity contribution in [3.63, 3.8) is 0 Å². The van der Waals surface area contributed by atoms with Crippen molar-refractivity contribution in [1.29, 1.82) is 0 Å². The number of aliphatic hydroxyl groups excluding tert-OH is 7. The standard InChI is InChI=1S/C45H89NO10/c1-4-6-7-8-9-10-11-12-13-14-15-16-17-18-19-20-21-26-29-32-38(49)44(54)46-36(34-55-45-43(53)42(52)41(51)39(33-47)56-45)40(50)37(48)31-28-25-23-22-24-27-30-35(3)5-2/h35-43,45,47-53H,4-34H2,1-3H3,(H,46,54)/t35?,36-,37+,38+,39+,40-,41-,42-,43+,45+/m0/s1. The first-order valence-corrected chi connectivity index (χ1v) is 23.3. The lowest BCUT2D eigenvalue weighted by atomic mass is 9.97. The number of carbonyl (C=O) groups excluding carboxylic acids is 1. The van der Waals surface area contributed by atoms with Crippen LogP contribution in [0.15, 0.2) is 0 Å². The minimum atomic E-state index is -1.66. The highest BCUT2D eigenvalue weighted by Gasteiger charge is 2.44. The quantitative estimate of drug-likeness (QED) is 0.0293. The number of nitrogens with one attached hydrogen (secondary N) is 1. The summed E-state index contributed by atoms with van der Waals surface area (Å²) in [5, 5.41) is 75.5. The minimum absolute atomic E-state index is 0.265. The molecule has 56 heavy (non-hydrogen) atoms. The second-order valence-corrected chi connectivity index (χ2v) is 17.1. The fraction of sp³-hybridized carbons (Fsp3) is 0.978. The van der Waals surface area contributed by atoms with E-state index in [4.69, 9.17) is 9.47 Å². The number of aliphatic hydroxyl groups is 7. The Morgan fingerprint density at radius 3 is 1.48 bits per heavy atom. The van der Waals surface area contributed by atoms with Gasteiger partial charge in [-0.25, -0.2) is 0 Å². The Balaban J connectivity index is 2.40. The van der Waals surface area contributed by atoms with Crippen LogP contribution in [0.2, 0.25) is 0 Å². The van der Waals surface area contributed by atoms with Crippen molar-refractivity contribution in [3.05, 3.63) is 0 Å². The summed E-state index contributed by atoms with van der Waals surface area (Å²) in [5.74, 6) is 0.0581. The van der Waals surface area contributed by atoms with Crippen LogP contribution < -0.4 is 5.32 Å². The highest BCUT2D eigenvalue weighted by atomic mass is 16.7. The van der Waals surface area contributed by atoms with Crippen molar-refractivity contribution >= 4 is 5.91 Å². The summed E-state index contributed by atoms with van der Waals surface area (Å²) < 4.78 is 11.1. The second-order valence-electron chi connectivity index (χ2n) is 17.1. The van der Waals surface area contributed by atoms with E-state index in [1.165, 1.54) is 122 Å². The summed E-state index contributed by atoms with van der Waals surface area (Å²) >= 11 is 0. The monoisotopic (exact) mass is 804 g/mol. The molecule has 0 aromatic carbocycles. The van der Waals surface area contributed by atoms with Gasteiger partial charge in [0, 0.05) is 0 Å². The first-order chi connectivity index (χ1) is 27.1. The first-order valence-electron chi connectivity index (χ1n) is 23.3. The van der Waals surface area contributed by atoms with Gasteiger partial charge in [-0.3, -0.25) is 4.79 Å². The van der Waals surface area contributed by atoms with Gasteiger partial charge in [0.1, 0.15) is 36.6 Å². The zero-order valence-corrected chi connectivity index (χ0v) is 36.0.